The third-order valence-corrected chi connectivity index (χ3v) is 5.81. The van der Waals surface area contributed by atoms with Crippen molar-refractivity contribution in [2.45, 2.75) is 25.3 Å². The highest BCUT2D eigenvalue weighted by Gasteiger charge is 2.39. The number of carbonyl (C=O) groups excluding carboxylic acids is 1. The molecule has 1 aromatic carbocycles. The molecule has 4 nitrogen and oxygen atoms in total. The smallest absolute Gasteiger partial charge is 0.224 e. The SMILES string of the molecule is CC1(NC(=O)Cc2cc(Cl)ccc2Cl)CCS(=O)(=O)C1. The van der Waals surface area contributed by atoms with Crippen LogP contribution in [0.2, 0.25) is 10.0 Å². The van der Waals surface area contributed by atoms with E-state index in [1.807, 2.05) is 0 Å². The number of hydrogen-bond donors (Lipinski definition) is 1. The fraction of sp³-hybridized carbons (Fsp3) is 0.462. The van der Waals surface area contributed by atoms with E-state index in [0.717, 1.165) is 0 Å². The van der Waals surface area contributed by atoms with Gasteiger partial charge in [-0.1, -0.05) is 23.2 Å². The Bertz CT molecular complexity index is 645. The van der Waals surface area contributed by atoms with Crippen molar-refractivity contribution in [2.75, 3.05) is 11.5 Å². The van der Waals surface area contributed by atoms with Crippen LogP contribution in [0.25, 0.3) is 0 Å². The van der Waals surface area contributed by atoms with Gasteiger partial charge in [0.2, 0.25) is 5.91 Å². The van der Waals surface area contributed by atoms with Crippen molar-refractivity contribution in [3.63, 3.8) is 0 Å². The Morgan fingerprint density at radius 3 is 2.70 bits per heavy atom. The largest absolute Gasteiger partial charge is 0.350 e. The van der Waals surface area contributed by atoms with Gasteiger partial charge in [0, 0.05) is 10.0 Å². The number of halogens is 2. The molecule has 1 fully saturated rings. The van der Waals surface area contributed by atoms with Gasteiger partial charge in [-0.15, -0.1) is 0 Å². The Balaban J connectivity index is 2.05. The summed E-state index contributed by atoms with van der Waals surface area (Å²) in [6, 6.07) is 4.92. The first-order valence-electron chi connectivity index (χ1n) is 6.15. The number of nitrogens with one attached hydrogen (secondary N) is 1. The van der Waals surface area contributed by atoms with Crippen LogP contribution in [0.3, 0.4) is 0 Å². The first-order valence-corrected chi connectivity index (χ1v) is 8.72. The van der Waals surface area contributed by atoms with Crippen molar-refractivity contribution in [3.8, 4) is 0 Å². The zero-order valence-electron chi connectivity index (χ0n) is 10.9. The molecule has 0 spiro atoms. The molecule has 1 aromatic rings. The molecule has 1 N–H and O–H groups in total. The lowest BCUT2D eigenvalue weighted by Gasteiger charge is -2.24. The second-order valence-corrected chi connectivity index (χ2v) is 8.39. The standard InChI is InChI=1S/C13H15Cl2NO3S/c1-13(4-5-20(18,19)8-13)16-12(17)7-9-6-10(14)2-3-11(9)15/h2-3,6H,4-5,7-8H2,1H3,(H,16,17). The summed E-state index contributed by atoms with van der Waals surface area (Å²) < 4.78 is 23.0. The Kier molecular flexibility index (Phi) is 4.33. The maximum absolute atomic E-state index is 12.0. The molecular weight excluding hydrogens is 321 g/mol. The lowest BCUT2D eigenvalue weighted by atomic mass is 10.0. The van der Waals surface area contributed by atoms with E-state index < -0.39 is 15.4 Å². The molecule has 1 aliphatic heterocycles. The van der Waals surface area contributed by atoms with Gasteiger partial charge in [-0.2, -0.15) is 0 Å². The zero-order valence-corrected chi connectivity index (χ0v) is 13.3. The maximum Gasteiger partial charge on any atom is 0.224 e. The van der Waals surface area contributed by atoms with Gasteiger partial charge < -0.3 is 5.32 Å². The predicted octanol–water partition coefficient (Wildman–Crippen LogP) is 2.23. The van der Waals surface area contributed by atoms with Gasteiger partial charge in [-0.05, 0) is 37.1 Å². The molecule has 7 heteroatoms. The molecule has 0 radical (unpaired) electrons. The van der Waals surface area contributed by atoms with Gasteiger partial charge in [-0.3, -0.25) is 4.79 Å². The fourth-order valence-corrected chi connectivity index (χ4v) is 4.81. The number of sulfone groups is 1. The van der Waals surface area contributed by atoms with Gasteiger partial charge in [0.1, 0.15) is 0 Å². The third kappa shape index (κ3) is 3.87. The van der Waals surface area contributed by atoms with Crippen molar-refractivity contribution >= 4 is 38.9 Å². The average Bonchev–Trinajstić information content (AvgIpc) is 2.57. The minimum atomic E-state index is -3.05. The van der Waals surface area contributed by atoms with Crippen molar-refractivity contribution in [2.24, 2.45) is 0 Å². The molecule has 1 unspecified atom stereocenters. The van der Waals surface area contributed by atoms with Crippen molar-refractivity contribution in [1.82, 2.24) is 5.32 Å². The zero-order chi connectivity index (χ0) is 15.0. The van der Waals surface area contributed by atoms with E-state index in [4.69, 9.17) is 23.2 Å². The minimum absolute atomic E-state index is 0.0188. The fourth-order valence-electron chi connectivity index (χ4n) is 2.34. The lowest BCUT2D eigenvalue weighted by Crippen LogP contribution is -2.47. The van der Waals surface area contributed by atoms with Crippen LogP contribution >= 0.6 is 23.2 Å². The van der Waals surface area contributed by atoms with Crippen molar-refractivity contribution < 1.29 is 13.2 Å². The monoisotopic (exact) mass is 335 g/mol. The second kappa shape index (κ2) is 5.54. The first kappa shape index (κ1) is 15.6. The number of hydrogen-bond acceptors (Lipinski definition) is 3. The first-order chi connectivity index (χ1) is 9.19. The number of carbonyl (C=O) groups is 1. The predicted molar refractivity (Wildman–Crippen MR) is 80.0 cm³/mol. The van der Waals surface area contributed by atoms with Gasteiger partial charge in [0.15, 0.2) is 9.84 Å². The number of benzene rings is 1. The van der Waals surface area contributed by atoms with E-state index in [1.165, 1.54) is 0 Å². The molecule has 20 heavy (non-hydrogen) atoms. The molecule has 0 aromatic heterocycles. The average molecular weight is 336 g/mol. The van der Waals surface area contributed by atoms with E-state index in [0.29, 0.717) is 22.0 Å². The van der Waals surface area contributed by atoms with E-state index in [1.54, 1.807) is 25.1 Å². The molecule has 0 saturated carbocycles. The Labute approximate surface area is 128 Å². The Morgan fingerprint density at radius 2 is 2.10 bits per heavy atom. The summed E-state index contributed by atoms with van der Waals surface area (Å²) in [5, 5.41) is 3.76. The number of rotatable bonds is 3. The molecular formula is C13H15Cl2NO3S. The summed E-state index contributed by atoms with van der Waals surface area (Å²) in [5.74, 6) is -0.162. The van der Waals surface area contributed by atoms with Gasteiger partial charge in [0.05, 0.1) is 23.5 Å². The molecule has 0 aliphatic carbocycles. The summed E-state index contributed by atoms with van der Waals surface area (Å²) in [6.07, 6.45) is 0.513. The molecule has 2 rings (SSSR count). The number of amides is 1. The Hall–Kier alpha value is -0.780. The van der Waals surface area contributed by atoms with Crippen LogP contribution in [0.15, 0.2) is 18.2 Å². The maximum atomic E-state index is 12.0. The van der Waals surface area contributed by atoms with Gasteiger partial charge in [-0.25, -0.2) is 8.42 Å². The Morgan fingerprint density at radius 1 is 1.40 bits per heavy atom. The highest BCUT2D eigenvalue weighted by molar-refractivity contribution is 7.91. The lowest BCUT2D eigenvalue weighted by molar-refractivity contribution is -0.121. The van der Waals surface area contributed by atoms with E-state index >= 15 is 0 Å². The van der Waals surface area contributed by atoms with E-state index in [2.05, 4.69) is 5.32 Å². The summed E-state index contributed by atoms with van der Waals surface area (Å²) in [4.78, 5) is 12.0. The highest BCUT2D eigenvalue weighted by Crippen LogP contribution is 2.24. The van der Waals surface area contributed by atoms with Crippen LogP contribution in [0.4, 0.5) is 0 Å². The van der Waals surface area contributed by atoms with Crippen LogP contribution in [-0.2, 0) is 21.1 Å². The second-order valence-electron chi connectivity index (χ2n) is 5.36. The summed E-state index contributed by atoms with van der Waals surface area (Å²) in [6.45, 7) is 1.75. The molecule has 1 aliphatic rings. The van der Waals surface area contributed by atoms with E-state index in [-0.39, 0.29) is 23.8 Å². The summed E-state index contributed by atoms with van der Waals surface area (Å²) >= 11 is 11.9. The third-order valence-electron chi connectivity index (χ3n) is 3.30. The van der Waals surface area contributed by atoms with Crippen LogP contribution in [0.5, 0.6) is 0 Å². The van der Waals surface area contributed by atoms with Crippen molar-refractivity contribution in [1.29, 1.82) is 0 Å². The van der Waals surface area contributed by atoms with Crippen LogP contribution in [0, 0.1) is 0 Å². The normalized spacial score (nSPS) is 24.6. The summed E-state index contributed by atoms with van der Waals surface area (Å²) in [7, 11) is -3.05. The molecule has 0 bridgehead atoms. The van der Waals surface area contributed by atoms with E-state index in [9.17, 15) is 13.2 Å². The van der Waals surface area contributed by atoms with Crippen LogP contribution in [-0.4, -0.2) is 31.4 Å². The van der Waals surface area contributed by atoms with Crippen LogP contribution < -0.4 is 5.32 Å². The van der Waals surface area contributed by atoms with Gasteiger partial charge in [0.25, 0.3) is 0 Å². The summed E-state index contributed by atoms with van der Waals surface area (Å²) in [5.41, 5.74) is -0.0674. The molecule has 1 saturated heterocycles. The molecule has 110 valence electrons. The molecule has 1 heterocycles. The molecule has 1 amide bonds. The van der Waals surface area contributed by atoms with Crippen LogP contribution in [0.1, 0.15) is 18.9 Å². The van der Waals surface area contributed by atoms with Gasteiger partial charge >= 0.3 is 0 Å². The van der Waals surface area contributed by atoms with Crippen molar-refractivity contribution in [3.05, 3.63) is 33.8 Å². The minimum Gasteiger partial charge on any atom is -0.350 e. The topological polar surface area (TPSA) is 63.2 Å². The highest BCUT2D eigenvalue weighted by atomic mass is 35.5. The quantitative estimate of drug-likeness (QED) is 0.921. The molecule has 1 atom stereocenters.